The normalized spacial score (nSPS) is 16.6. The van der Waals surface area contributed by atoms with Crippen LogP contribution in [0.4, 0.5) is 5.69 Å². The van der Waals surface area contributed by atoms with Crippen LogP contribution in [0.5, 0.6) is 0 Å². The van der Waals surface area contributed by atoms with E-state index in [1.54, 1.807) is 4.90 Å². The number of amides is 2. The van der Waals surface area contributed by atoms with E-state index in [9.17, 15) is 9.59 Å². The van der Waals surface area contributed by atoms with Gasteiger partial charge in [-0.3, -0.25) is 9.59 Å². The van der Waals surface area contributed by atoms with Crippen LogP contribution in [0.15, 0.2) is 48.5 Å². The summed E-state index contributed by atoms with van der Waals surface area (Å²) in [6.07, 6.45) is 1.24. The second-order valence-corrected chi connectivity index (χ2v) is 7.80. The zero-order valence-electron chi connectivity index (χ0n) is 17.0. The van der Waals surface area contributed by atoms with Gasteiger partial charge in [-0.05, 0) is 29.7 Å². The van der Waals surface area contributed by atoms with E-state index < -0.39 is 0 Å². The van der Waals surface area contributed by atoms with Crippen molar-refractivity contribution in [3.05, 3.63) is 65.2 Å². The molecule has 1 aliphatic rings. The highest BCUT2D eigenvalue weighted by Crippen LogP contribution is 2.25. The number of rotatable bonds is 7. The highest BCUT2D eigenvalue weighted by molar-refractivity contribution is 6.00. The molecule has 0 radical (unpaired) electrons. The van der Waals surface area contributed by atoms with E-state index in [0.29, 0.717) is 13.1 Å². The van der Waals surface area contributed by atoms with Crippen molar-refractivity contribution >= 4 is 17.5 Å². The largest absolute Gasteiger partial charge is 0.352 e. The minimum absolute atomic E-state index is 0.0148. The number of aryl methyl sites for hydroxylation is 1. The molecule has 0 saturated carbocycles. The van der Waals surface area contributed by atoms with Crippen LogP contribution >= 0.6 is 0 Å². The monoisotopic (exact) mass is 380 g/mol. The third-order valence-electron chi connectivity index (χ3n) is 5.27. The molecule has 1 atom stereocenters. The Bertz CT molecular complexity index is 830. The van der Waals surface area contributed by atoms with Crippen LogP contribution in [0.1, 0.15) is 30.0 Å². The molecule has 3 rings (SSSR count). The summed E-state index contributed by atoms with van der Waals surface area (Å²) in [6, 6.07) is 16.2. The molecule has 148 valence electrons. The Balaban J connectivity index is 1.60. The smallest absolute Gasteiger partial charge is 0.227 e. The summed E-state index contributed by atoms with van der Waals surface area (Å²) in [6.45, 7) is 3.96. The van der Waals surface area contributed by atoms with E-state index in [-0.39, 0.29) is 24.2 Å². The van der Waals surface area contributed by atoms with E-state index >= 15 is 0 Å². The lowest BCUT2D eigenvalue weighted by atomic mass is 10.1. The van der Waals surface area contributed by atoms with Gasteiger partial charge in [-0.15, -0.1) is 0 Å². The minimum atomic E-state index is -0.301. The van der Waals surface area contributed by atoms with Crippen LogP contribution < -0.4 is 15.1 Å². The van der Waals surface area contributed by atoms with E-state index in [1.807, 2.05) is 36.4 Å². The number of carbonyl (C=O) groups excluding carboxylic acids is 2. The zero-order chi connectivity index (χ0) is 20.1. The van der Waals surface area contributed by atoms with Crippen LogP contribution in [-0.2, 0) is 29.1 Å². The fourth-order valence-electron chi connectivity index (χ4n) is 3.65. The summed E-state index contributed by atoms with van der Waals surface area (Å²) < 4.78 is 0. The molecule has 0 aliphatic carbocycles. The molecule has 5 heteroatoms. The average molecular weight is 381 g/mol. The SMILES string of the molecule is CCc1ccc(N2C[C@@H](C(=O)NCc3ccccc3C[NH+](C)C)CC2=O)cc1. The van der Waals surface area contributed by atoms with Crippen LogP contribution in [-0.4, -0.2) is 32.5 Å². The fourth-order valence-corrected chi connectivity index (χ4v) is 3.65. The summed E-state index contributed by atoms with van der Waals surface area (Å²) in [5.41, 5.74) is 4.48. The maximum atomic E-state index is 12.7. The molecule has 1 fully saturated rings. The number of nitrogens with zero attached hydrogens (tertiary/aromatic N) is 1. The molecule has 1 saturated heterocycles. The van der Waals surface area contributed by atoms with Gasteiger partial charge < -0.3 is 15.1 Å². The van der Waals surface area contributed by atoms with Gasteiger partial charge in [-0.1, -0.05) is 43.3 Å². The fraction of sp³-hybridized carbons (Fsp3) is 0.391. The minimum Gasteiger partial charge on any atom is -0.352 e. The molecule has 28 heavy (non-hydrogen) atoms. The lowest BCUT2D eigenvalue weighted by Crippen LogP contribution is -3.04. The summed E-state index contributed by atoms with van der Waals surface area (Å²) >= 11 is 0. The van der Waals surface area contributed by atoms with Crippen molar-refractivity contribution in [1.29, 1.82) is 0 Å². The number of hydrogen-bond donors (Lipinski definition) is 2. The molecule has 2 aromatic carbocycles. The highest BCUT2D eigenvalue weighted by Gasteiger charge is 2.35. The van der Waals surface area contributed by atoms with Crippen molar-refractivity contribution in [2.24, 2.45) is 5.92 Å². The van der Waals surface area contributed by atoms with Crippen LogP contribution in [0.2, 0.25) is 0 Å². The molecular formula is C23H30N3O2+. The van der Waals surface area contributed by atoms with Gasteiger partial charge in [0.15, 0.2) is 0 Å². The number of hydrogen-bond acceptors (Lipinski definition) is 2. The van der Waals surface area contributed by atoms with Gasteiger partial charge in [0.1, 0.15) is 6.54 Å². The number of nitrogens with one attached hydrogen (secondary N) is 2. The molecular weight excluding hydrogens is 350 g/mol. The Morgan fingerprint density at radius 1 is 1.11 bits per heavy atom. The number of benzene rings is 2. The topological polar surface area (TPSA) is 53.9 Å². The Kier molecular flexibility index (Phi) is 6.47. The number of quaternary nitrogens is 1. The lowest BCUT2D eigenvalue weighted by molar-refractivity contribution is -0.872. The molecule has 0 unspecified atom stereocenters. The summed E-state index contributed by atoms with van der Waals surface area (Å²) in [5.74, 6) is -0.334. The predicted molar refractivity (Wildman–Crippen MR) is 111 cm³/mol. The standard InChI is InChI=1S/C23H29N3O2/c1-4-17-9-11-21(12-10-17)26-16-20(13-22(26)27)23(28)24-14-18-7-5-6-8-19(18)15-25(2)3/h5-12,20H,4,13-16H2,1-3H3,(H,24,28)/p+1/t20-/m0/s1. The van der Waals surface area contributed by atoms with Gasteiger partial charge in [-0.2, -0.15) is 0 Å². The average Bonchev–Trinajstić information content (AvgIpc) is 3.08. The summed E-state index contributed by atoms with van der Waals surface area (Å²) in [4.78, 5) is 28.2. The molecule has 0 aromatic heterocycles. The van der Waals surface area contributed by atoms with Crippen molar-refractivity contribution in [1.82, 2.24) is 5.32 Å². The maximum Gasteiger partial charge on any atom is 0.227 e. The first-order valence-corrected chi connectivity index (χ1v) is 10.0. The summed E-state index contributed by atoms with van der Waals surface area (Å²) in [7, 11) is 4.22. The van der Waals surface area contributed by atoms with Gasteiger partial charge in [-0.25, -0.2) is 0 Å². The van der Waals surface area contributed by atoms with Crippen molar-refractivity contribution in [2.75, 3.05) is 25.5 Å². The first-order chi connectivity index (χ1) is 13.5. The second-order valence-electron chi connectivity index (χ2n) is 7.80. The van der Waals surface area contributed by atoms with Gasteiger partial charge in [0.05, 0.1) is 20.0 Å². The third kappa shape index (κ3) is 4.78. The van der Waals surface area contributed by atoms with Gasteiger partial charge in [0, 0.05) is 30.8 Å². The quantitative estimate of drug-likeness (QED) is 0.766. The Labute approximate surface area is 167 Å². The Morgan fingerprint density at radius 3 is 2.43 bits per heavy atom. The first-order valence-electron chi connectivity index (χ1n) is 10.0. The number of anilines is 1. The predicted octanol–water partition coefficient (Wildman–Crippen LogP) is 1.56. The van der Waals surface area contributed by atoms with Crippen LogP contribution in [0.25, 0.3) is 0 Å². The molecule has 2 N–H and O–H groups in total. The lowest BCUT2D eigenvalue weighted by Gasteiger charge is -2.17. The first kappa shape index (κ1) is 20.1. The van der Waals surface area contributed by atoms with E-state index in [1.165, 1.54) is 16.0 Å². The van der Waals surface area contributed by atoms with E-state index in [0.717, 1.165) is 24.2 Å². The Morgan fingerprint density at radius 2 is 1.79 bits per heavy atom. The van der Waals surface area contributed by atoms with Crippen molar-refractivity contribution < 1.29 is 14.5 Å². The van der Waals surface area contributed by atoms with Gasteiger partial charge >= 0.3 is 0 Å². The number of carbonyl (C=O) groups is 2. The molecule has 2 amide bonds. The molecule has 1 heterocycles. The Hall–Kier alpha value is -2.66. The van der Waals surface area contributed by atoms with Crippen LogP contribution in [0.3, 0.4) is 0 Å². The van der Waals surface area contributed by atoms with Crippen molar-refractivity contribution in [3.63, 3.8) is 0 Å². The zero-order valence-corrected chi connectivity index (χ0v) is 17.0. The molecule has 0 bridgehead atoms. The van der Waals surface area contributed by atoms with Crippen molar-refractivity contribution in [2.45, 2.75) is 32.9 Å². The maximum absolute atomic E-state index is 12.7. The highest BCUT2D eigenvalue weighted by atomic mass is 16.2. The second kappa shape index (κ2) is 9.02. The van der Waals surface area contributed by atoms with E-state index in [2.05, 4.69) is 38.5 Å². The molecule has 2 aromatic rings. The van der Waals surface area contributed by atoms with Crippen molar-refractivity contribution in [3.8, 4) is 0 Å². The van der Waals surface area contributed by atoms with Crippen LogP contribution in [0, 0.1) is 5.92 Å². The molecule has 0 spiro atoms. The third-order valence-corrected chi connectivity index (χ3v) is 5.27. The summed E-state index contributed by atoms with van der Waals surface area (Å²) in [5, 5.41) is 3.04. The molecule has 5 nitrogen and oxygen atoms in total. The molecule has 1 aliphatic heterocycles. The van der Waals surface area contributed by atoms with Gasteiger partial charge in [0.2, 0.25) is 11.8 Å². The van der Waals surface area contributed by atoms with Gasteiger partial charge in [0.25, 0.3) is 0 Å². The van der Waals surface area contributed by atoms with E-state index in [4.69, 9.17) is 0 Å².